The van der Waals surface area contributed by atoms with E-state index in [1.54, 1.807) is 19.2 Å². The number of carbonyl (C=O) groups excluding carboxylic acids is 1. The molecule has 1 aliphatic heterocycles. The number of hydrogen-bond donors (Lipinski definition) is 1. The molecule has 0 unspecified atom stereocenters. The third-order valence-corrected chi connectivity index (χ3v) is 7.79. The van der Waals surface area contributed by atoms with E-state index in [4.69, 9.17) is 9.40 Å². The van der Waals surface area contributed by atoms with Crippen LogP contribution in [0, 0.1) is 5.82 Å². The highest BCUT2D eigenvalue weighted by Crippen LogP contribution is 2.41. The molecule has 0 bridgehead atoms. The van der Waals surface area contributed by atoms with Crippen LogP contribution in [-0.2, 0) is 7.05 Å². The van der Waals surface area contributed by atoms with E-state index in [1.165, 1.54) is 17.7 Å². The molecule has 1 fully saturated rings. The van der Waals surface area contributed by atoms with Crippen LogP contribution in [0.15, 0.2) is 65.1 Å². The summed E-state index contributed by atoms with van der Waals surface area (Å²) in [6, 6.07) is 18.4. The predicted molar refractivity (Wildman–Crippen MR) is 154 cm³/mol. The lowest BCUT2D eigenvalue weighted by Gasteiger charge is -2.35. The quantitative estimate of drug-likeness (QED) is 0.308. The standard InChI is InChI=1S/C31H32FN5O2/c1-33-30(38)28-23-16-22(26(35(2)3)17-27(23)39-29(28)19-11-13-21(32)14-12-19)20-8-7-15-37(18-20)31-34-24-9-5-6-10-25(24)36(31)4/h5-6,9-14,16-17,20H,7-8,15,18H2,1-4H3,(H,33,38)/t20-/m0/s1. The molecule has 1 N–H and O–H groups in total. The van der Waals surface area contributed by atoms with Crippen molar-refractivity contribution in [2.75, 3.05) is 44.0 Å². The molecule has 2 aromatic heterocycles. The Hall–Kier alpha value is -4.33. The highest BCUT2D eigenvalue weighted by molar-refractivity contribution is 6.11. The lowest BCUT2D eigenvalue weighted by molar-refractivity contribution is 0.0964. The number of nitrogens with one attached hydrogen (secondary N) is 1. The Morgan fingerprint density at radius 3 is 2.62 bits per heavy atom. The maximum absolute atomic E-state index is 13.6. The van der Waals surface area contributed by atoms with Gasteiger partial charge in [0.25, 0.3) is 5.91 Å². The minimum Gasteiger partial charge on any atom is -0.455 e. The Balaban J connectivity index is 1.46. The summed E-state index contributed by atoms with van der Waals surface area (Å²) >= 11 is 0. The van der Waals surface area contributed by atoms with Crippen molar-refractivity contribution in [3.05, 3.63) is 77.6 Å². The molecule has 39 heavy (non-hydrogen) atoms. The summed E-state index contributed by atoms with van der Waals surface area (Å²) in [6.07, 6.45) is 2.07. The van der Waals surface area contributed by atoms with Crippen LogP contribution in [0.1, 0.15) is 34.7 Å². The second kappa shape index (κ2) is 9.76. The predicted octanol–water partition coefficient (Wildman–Crippen LogP) is 5.94. The van der Waals surface area contributed by atoms with Gasteiger partial charge in [0, 0.05) is 69.9 Å². The highest BCUT2D eigenvalue weighted by Gasteiger charge is 2.29. The highest BCUT2D eigenvalue weighted by atomic mass is 19.1. The summed E-state index contributed by atoms with van der Waals surface area (Å²) in [7, 11) is 7.74. The van der Waals surface area contributed by atoms with Crippen molar-refractivity contribution in [3.63, 3.8) is 0 Å². The zero-order valence-electron chi connectivity index (χ0n) is 22.7. The smallest absolute Gasteiger partial charge is 0.255 e. The van der Waals surface area contributed by atoms with Gasteiger partial charge in [-0.3, -0.25) is 4.79 Å². The Kier molecular flexibility index (Phi) is 6.25. The van der Waals surface area contributed by atoms with Gasteiger partial charge in [-0.05, 0) is 60.9 Å². The van der Waals surface area contributed by atoms with Crippen molar-refractivity contribution in [3.8, 4) is 11.3 Å². The molecule has 0 radical (unpaired) electrons. The van der Waals surface area contributed by atoms with Crippen LogP contribution < -0.4 is 15.1 Å². The van der Waals surface area contributed by atoms with Crippen LogP contribution in [-0.4, -0.2) is 49.7 Å². The number of fused-ring (bicyclic) bond motifs is 2. The zero-order chi connectivity index (χ0) is 27.3. The Labute approximate surface area is 226 Å². The Morgan fingerprint density at radius 1 is 1.13 bits per heavy atom. The number of piperidine rings is 1. The molecule has 3 heterocycles. The van der Waals surface area contributed by atoms with Crippen molar-refractivity contribution in [1.82, 2.24) is 14.9 Å². The van der Waals surface area contributed by atoms with Gasteiger partial charge in [-0.15, -0.1) is 0 Å². The van der Waals surface area contributed by atoms with Crippen LogP contribution in [0.5, 0.6) is 0 Å². The number of amides is 1. The van der Waals surface area contributed by atoms with E-state index in [0.717, 1.165) is 54.0 Å². The number of aryl methyl sites for hydroxylation is 1. The van der Waals surface area contributed by atoms with E-state index in [9.17, 15) is 9.18 Å². The molecule has 0 spiro atoms. The molecular formula is C31H32FN5O2. The Bertz CT molecular complexity index is 1690. The first-order valence-corrected chi connectivity index (χ1v) is 13.3. The number of para-hydroxylation sites is 2. The Morgan fingerprint density at radius 2 is 1.90 bits per heavy atom. The van der Waals surface area contributed by atoms with E-state index in [1.807, 2.05) is 32.3 Å². The van der Waals surface area contributed by atoms with Gasteiger partial charge in [0.1, 0.15) is 17.2 Å². The first-order valence-electron chi connectivity index (χ1n) is 13.3. The number of benzene rings is 3. The maximum atomic E-state index is 13.6. The molecule has 3 aromatic carbocycles. The fraction of sp³-hybridized carbons (Fsp3) is 0.290. The summed E-state index contributed by atoms with van der Waals surface area (Å²) in [6.45, 7) is 1.76. The largest absolute Gasteiger partial charge is 0.455 e. The van der Waals surface area contributed by atoms with Crippen LogP contribution in [0.4, 0.5) is 16.0 Å². The number of aromatic nitrogens is 2. The van der Waals surface area contributed by atoms with E-state index >= 15 is 0 Å². The fourth-order valence-corrected chi connectivity index (χ4v) is 5.85. The van der Waals surface area contributed by atoms with E-state index in [2.05, 4.69) is 44.9 Å². The van der Waals surface area contributed by atoms with Gasteiger partial charge in [-0.1, -0.05) is 12.1 Å². The van der Waals surface area contributed by atoms with E-state index in [0.29, 0.717) is 22.5 Å². The molecule has 7 nitrogen and oxygen atoms in total. The van der Waals surface area contributed by atoms with Crippen LogP contribution >= 0.6 is 0 Å². The summed E-state index contributed by atoms with van der Waals surface area (Å²) in [4.78, 5) is 22.6. The van der Waals surface area contributed by atoms with Crippen molar-refractivity contribution in [2.45, 2.75) is 18.8 Å². The molecule has 1 aliphatic rings. The number of halogens is 1. The molecule has 1 saturated heterocycles. The first-order chi connectivity index (χ1) is 18.9. The fourth-order valence-electron chi connectivity index (χ4n) is 5.85. The summed E-state index contributed by atoms with van der Waals surface area (Å²) in [5.41, 5.74) is 6.10. The molecule has 6 rings (SSSR count). The van der Waals surface area contributed by atoms with Crippen LogP contribution in [0.25, 0.3) is 33.3 Å². The maximum Gasteiger partial charge on any atom is 0.255 e. The number of imidazole rings is 1. The summed E-state index contributed by atoms with van der Waals surface area (Å²) in [5, 5.41) is 3.52. The molecule has 0 aliphatic carbocycles. The SMILES string of the molecule is CNC(=O)c1c(-c2ccc(F)cc2)oc2cc(N(C)C)c([C@H]3CCCN(c4nc5ccccc5n4C)C3)cc12. The summed E-state index contributed by atoms with van der Waals surface area (Å²) < 4.78 is 22.1. The third kappa shape index (κ3) is 4.30. The minimum atomic E-state index is -0.337. The minimum absolute atomic E-state index is 0.235. The van der Waals surface area contributed by atoms with Crippen molar-refractivity contribution in [2.24, 2.45) is 7.05 Å². The van der Waals surface area contributed by atoms with Crippen molar-refractivity contribution >= 4 is 39.5 Å². The average Bonchev–Trinajstić information content (AvgIpc) is 3.50. The molecule has 5 aromatic rings. The lowest BCUT2D eigenvalue weighted by Crippen LogP contribution is -2.36. The van der Waals surface area contributed by atoms with Gasteiger partial charge < -0.3 is 24.1 Å². The molecule has 1 amide bonds. The summed E-state index contributed by atoms with van der Waals surface area (Å²) in [5.74, 6) is 1.08. The van der Waals surface area contributed by atoms with E-state index < -0.39 is 0 Å². The lowest BCUT2D eigenvalue weighted by atomic mass is 9.88. The normalized spacial score (nSPS) is 15.7. The van der Waals surface area contributed by atoms with Gasteiger partial charge >= 0.3 is 0 Å². The molecule has 8 heteroatoms. The number of rotatable bonds is 5. The van der Waals surface area contributed by atoms with Gasteiger partial charge in [-0.25, -0.2) is 9.37 Å². The number of carbonyl (C=O) groups is 1. The number of anilines is 2. The van der Waals surface area contributed by atoms with Gasteiger partial charge in [0.15, 0.2) is 0 Å². The van der Waals surface area contributed by atoms with Crippen molar-refractivity contribution < 1.29 is 13.6 Å². The average molecular weight is 526 g/mol. The van der Waals surface area contributed by atoms with Gasteiger partial charge in [0.2, 0.25) is 5.95 Å². The van der Waals surface area contributed by atoms with Crippen LogP contribution in [0.2, 0.25) is 0 Å². The second-order valence-corrected chi connectivity index (χ2v) is 10.4. The van der Waals surface area contributed by atoms with Crippen molar-refractivity contribution in [1.29, 1.82) is 0 Å². The third-order valence-electron chi connectivity index (χ3n) is 7.79. The first kappa shape index (κ1) is 25.0. The van der Waals surface area contributed by atoms with Crippen LogP contribution in [0.3, 0.4) is 0 Å². The number of nitrogens with zero attached hydrogens (tertiary/aromatic N) is 4. The number of hydrogen-bond acceptors (Lipinski definition) is 5. The molecule has 1 atom stereocenters. The number of furan rings is 1. The second-order valence-electron chi connectivity index (χ2n) is 10.4. The van der Waals surface area contributed by atoms with Gasteiger partial charge in [0.05, 0.1) is 16.6 Å². The topological polar surface area (TPSA) is 66.5 Å². The molecular weight excluding hydrogens is 493 g/mol. The molecule has 0 saturated carbocycles. The zero-order valence-corrected chi connectivity index (χ0v) is 22.7. The molecule has 200 valence electrons. The van der Waals surface area contributed by atoms with Gasteiger partial charge in [-0.2, -0.15) is 0 Å². The van der Waals surface area contributed by atoms with E-state index in [-0.39, 0.29) is 17.6 Å². The monoisotopic (exact) mass is 525 g/mol.